The van der Waals surface area contributed by atoms with Crippen molar-refractivity contribution >= 4 is 11.6 Å². The first-order valence-corrected chi connectivity index (χ1v) is 6.29. The minimum atomic E-state index is -0.0135. The third-order valence-corrected chi connectivity index (χ3v) is 3.25. The molecule has 1 fully saturated rings. The molecule has 1 aliphatic rings. The second-order valence-corrected chi connectivity index (χ2v) is 4.74. The third-order valence-electron chi connectivity index (χ3n) is 3.25. The van der Waals surface area contributed by atoms with Gasteiger partial charge < -0.3 is 14.8 Å². The van der Waals surface area contributed by atoms with E-state index in [1.54, 1.807) is 30.0 Å². The van der Waals surface area contributed by atoms with Crippen LogP contribution in [0.5, 0.6) is 5.75 Å². The number of carbonyl (C=O) groups is 1. The van der Waals surface area contributed by atoms with E-state index in [2.05, 4.69) is 5.16 Å². The van der Waals surface area contributed by atoms with Crippen LogP contribution >= 0.6 is 0 Å². The molecular weight excluding hydrogens is 244 g/mol. The van der Waals surface area contributed by atoms with Crippen molar-refractivity contribution in [1.29, 1.82) is 0 Å². The maximum absolute atomic E-state index is 11.8. The lowest BCUT2D eigenvalue weighted by atomic mass is 10.1. The molecule has 1 aromatic rings. The molecule has 0 heterocycles. The first-order chi connectivity index (χ1) is 9.11. The first kappa shape index (κ1) is 13.4. The maximum Gasteiger partial charge on any atom is 0.260 e. The molecule has 19 heavy (non-hydrogen) atoms. The van der Waals surface area contributed by atoms with Gasteiger partial charge in [0.2, 0.25) is 0 Å². The van der Waals surface area contributed by atoms with Gasteiger partial charge in [0.1, 0.15) is 5.75 Å². The van der Waals surface area contributed by atoms with Crippen LogP contribution in [0.1, 0.15) is 25.3 Å². The van der Waals surface area contributed by atoms with Crippen molar-refractivity contribution in [2.45, 2.75) is 25.8 Å². The molecule has 1 amide bonds. The van der Waals surface area contributed by atoms with Gasteiger partial charge in [0.15, 0.2) is 6.61 Å². The van der Waals surface area contributed by atoms with E-state index in [4.69, 9.17) is 9.94 Å². The van der Waals surface area contributed by atoms with Crippen LogP contribution in [0.3, 0.4) is 0 Å². The highest BCUT2D eigenvalue weighted by molar-refractivity contribution is 5.98. The summed E-state index contributed by atoms with van der Waals surface area (Å²) in [4.78, 5) is 13.6. The molecule has 5 nitrogen and oxygen atoms in total. The average molecular weight is 262 g/mol. The normalized spacial score (nSPS) is 15.2. The van der Waals surface area contributed by atoms with Gasteiger partial charge in [-0.05, 0) is 31.9 Å². The number of rotatable bonds is 5. The van der Waals surface area contributed by atoms with E-state index in [0.717, 1.165) is 18.4 Å². The lowest BCUT2D eigenvalue weighted by Crippen LogP contribution is -2.33. The van der Waals surface area contributed by atoms with Crippen LogP contribution in [0.2, 0.25) is 0 Å². The Bertz CT molecular complexity index is 495. The van der Waals surface area contributed by atoms with E-state index in [0.29, 0.717) is 17.5 Å². The van der Waals surface area contributed by atoms with Gasteiger partial charge in [0, 0.05) is 18.7 Å². The number of amides is 1. The second kappa shape index (κ2) is 5.73. The van der Waals surface area contributed by atoms with Crippen molar-refractivity contribution < 1.29 is 14.7 Å². The van der Waals surface area contributed by atoms with Gasteiger partial charge >= 0.3 is 0 Å². The molecule has 0 radical (unpaired) electrons. The van der Waals surface area contributed by atoms with E-state index < -0.39 is 0 Å². The zero-order valence-corrected chi connectivity index (χ0v) is 11.2. The predicted molar refractivity (Wildman–Crippen MR) is 71.7 cm³/mol. The molecular formula is C14H18N2O3. The van der Waals surface area contributed by atoms with Gasteiger partial charge in [-0.25, -0.2) is 0 Å². The molecule has 102 valence electrons. The highest BCUT2D eigenvalue weighted by Crippen LogP contribution is 2.25. The summed E-state index contributed by atoms with van der Waals surface area (Å²) in [6.07, 6.45) is 2.17. The Hall–Kier alpha value is -2.04. The number of benzene rings is 1. The van der Waals surface area contributed by atoms with Crippen molar-refractivity contribution in [1.82, 2.24) is 4.90 Å². The zero-order chi connectivity index (χ0) is 13.8. The second-order valence-electron chi connectivity index (χ2n) is 4.74. The van der Waals surface area contributed by atoms with Crippen LogP contribution in [-0.2, 0) is 4.79 Å². The number of hydrogen-bond acceptors (Lipinski definition) is 4. The quantitative estimate of drug-likeness (QED) is 0.500. The van der Waals surface area contributed by atoms with Crippen molar-refractivity contribution in [2.24, 2.45) is 5.16 Å². The van der Waals surface area contributed by atoms with Gasteiger partial charge in [-0.3, -0.25) is 4.79 Å². The van der Waals surface area contributed by atoms with Crippen molar-refractivity contribution in [3.63, 3.8) is 0 Å². The van der Waals surface area contributed by atoms with Gasteiger partial charge in [-0.15, -0.1) is 0 Å². The summed E-state index contributed by atoms with van der Waals surface area (Å²) in [7, 11) is 1.81. The van der Waals surface area contributed by atoms with Gasteiger partial charge in [0.25, 0.3) is 5.91 Å². The highest BCUT2D eigenvalue weighted by Gasteiger charge is 2.29. The minimum Gasteiger partial charge on any atom is -0.484 e. The molecule has 0 spiro atoms. The molecule has 1 aromatic carbocycles. The fourth-order valence-electron chi connectivity index (χ4n) is 1.78. The van der Waals surface area contributed by atoms with E-state index in [1.165, 1.54) is 0 Å². The Morgan fingerprint density at radius 1 is 1.53 bits per heavy atom. The van der Waals surface area contributed by atoms with Crippen LogP contribution in [0.15, 0.2) is 29.4 Å². The molecule has 5 heteroatoms. The standard InChI is InChI=1S/C14H18N2O3/c1-10(15-18)11-4-3-5-13(8-11)19-9-14(17)16(2)12-6-7-12/h3-5,8,12,18H,6-7,9H2,1-2H3/b15-10+. The summed E-state index contributed by atoms with van der Waals surface area (Å²) in [6, 6.07) is 7.54. The molecule has 0 aromatic heterocycles. The Morgan fingerprint density at radius 2 is 2.26 bits per heavy atom. The molecule has 1 saturated carbocycles. The summed E-state index contributed by atoms with van der Waals surface area (Å²) in [5.74, 6) is 0.582. The summed E-state index contributed by atoms with van der Waals surface area (Å²) in [5, 5.41) is 11.9. The molecule has 1 N–H and O–H groups in total. The molecule has 0 saturated heterocycles. The number of oxime groups is 1. The van der Waals surface area contributed by atoms with E-state index in [1.807, 2.05) is 13.1 Å². The summed E-state index contributed by atoms with van der Waals surface area (Å²) >= 11 is 0. The number of hydrogen-bond donors (Lipinski definition) is 1. The van der Waals surface area contributed by atoms with Crippen molar-refractivity contribution in [3.05, 3.63) is 29.8 Å². The van der Waals surface area contributed by atoms with Crippen LogP contribution < -0.4 is 4.74 Å². The van der Waals surface area contributed by atoms with Gasteiger partial charge in [-0.1, -0.05) is 17.3 Å². The number of likely N-dealkylation sites (N-methyl/N-ethyl adjacent to an activating group) is 1. The lowest BCUT2D eigenvalue weighted by Gasteiger charge is -2.16. The van der Waals surface area contributed by atoms with Crippen molar-refractivity contribution in [3.8, 4) is 5.75 Å². The average Bonchev–Trinajstić information content (AvgIpc) is 3.28. The molecule has 1 aliphatic carbocycles. The fraction of sp³-hybridized carbons (Fsp3) is 0.429. The molecule has 2 rings (SSSR count). The zero-order valence-electron chi connectivity index (χ0n) is 11.2. The summed E-state index contributed by atoms with van der Waals surface area (Å²) < 4.78 is 5.47. The molecule has 0 aliphatic heterocycles. The van der Waals surface area contributed by atoms with Crippen molar-refractivity contribution in [2.75, 3.05) is 13.7 Å². The molecule has 0 bridgehead atoms. The number of nitrogens with zero attached hydrogens (tertiary/aromatic N) is 2. The van der Waals surface area contributed by atoms with Gasteiger partial charge in [-0.2, -0.15) is 0 Å². The summed E-state index contributed by atoms with van der Waals surface area (Å²) in [5.41, 5.74) is 1.27. The van der Waals surface area contributed by atoms with E-state index >= 15 is 0 Å². The summed E-state index contributed by atoms with van der Waals surface area (Å²) in [6.45, 7) is 1.73. The highest BCUT2D eigenvalue weighted by atomic mass is 16.5. The molecule has 0 unspecified atom stereocenters. The van der Waals surface area contributed by atoms with Gasteiger partial charge in [0.05, 0.1) is 5.71 Å². The molecule has 0 atom stereocenters. The smallest absolute Gasteiger partial charge is 0.260 e. The monoisotopic (exact) mass is 262 g/mol. The minimum absolute atomic E-state index is 0.0135. The lowest BCUT2D eigenvalue weighted by molar-refractivity contribution is -0.132. The van der Waals surface area contributed by atoms with E-state index in [-0.39, 0.29) is 12.5 Å². The fourth-order valence-corrected chi connectivity index (χ4v) is 1.78. The Kier molecular flexibility index (Phi) is 4.04. The SMILES string of the molecule is C/C(=N\O)c1cccc(OCC(=O)N(C)C2CC2)c1. The maximum atomic E-state index is 11.8. The Balaban J connectivity index is 1.93. The number of ether oxygens (including phenoxy) is 1. The van der Waals surface area contributed by atoms with Crippen LogP contribution in [0.4, 0.5) is 0 Å². The Labute approximate surface area is 112 Å². The van der Waals surface area contributed by atoms with E-state index in [9.17, 15) is 4.79 Å². The predicted octanol–water partition coefficient (Wildman–Crippen LogP) is 1.88. The van der Waals surface area contributed by atoms with Crippen LogP contribution in [0, 0.1) is 0 Å². The first-order valence-electron chi connectivity index (χ1n) is 6.29. The van der Waals surface area contributed by atoms with Crippen LogP contribution in [0.25, 0.3) is 0 Å². The largest absolute Gasteiger partial charge is 0.484 e. The third kappa shape index (κ3) is 3.47. The Morgan fingerprint density at radius 3 is 2.89 bits per heavy atom. The van der Waals surface area contributed by atoms with Crippen LogP contribution in [-0.4, -0.2) is 41.4 Å². The topological polar surface area (TPSA) is 62.1 Å². The number of carbonyl (C=O) groups excluding carboxylic acids is 1.